The van der Waals surface area contributed by atoms with Crippen LogP contribution in [-0.2, 0) is 27.6 Å². The number of ketones is 1. The second kappa shape index (κ2) is 10.7. The fourth-order valence-electron chi connectivity index (χ4n) is 5.73. The second-order valence-corrected chi connectivity index (χ2v) is 13.6. The van der Waals surface area contributed by atoms with E-state index in [2.05, 4.69) is 16.9 Å². The first-order chi connectivity index (χ1) is 19.2. The number of hydrogen-bond donors (Lipinski definition) is 0. The molecule has 1 saturated heterocycles. The predicted molar refractivity (Wildman–Crippen MR) is 153 cm³/mol. The van der Waals surface area contributed by atoms with Crippen molar-refractivity contribution in [2.45, 2.75) is 44.9 Å². The maximum absolute atomic E-state index is 13.4. The lowest BCUT2D eigenvalue weighted by molar-refractivity contribution is 0.0730. The summed E-state index contributed by atoms with van der Waals surface area (Å²) in [5.74, 6) is 0.941. The van der Waals surface area contributed by atoms with Crippen molar-refractivity contribution in [1.82, 2.24) is 18.8 Å². The molecule has 1 atom stereocenters. The molecule has 4 heterocycles. The lowest BCUT2D eigenvalue weighted by Crippen LogP contribution is -2.40. The number of sulfonamides is 1. The standard InChI is InChI=1S/C29H32N4O5S2/c1-18-7-8-23-26(13-18)39-29-27(23)28(30-17-31-29)38-16-25(34)24-14-19(2)33(20(24)3)21-5-4-6-22(15-21)40(35,36)32-9-11-37-12-10-32/h4-6,14-15,17-18H,7-13,16H2,1-3H3. The van der Waals surface area contributed by atoms with Gasteiger partial charge in [0.25, 0.3) is 0 Å². The fourth-order valence-corrected chi connectivity index (χ4v) is 8.52. The normalized spacial score (nSPS) is 18.1. The zero-order valence-electron chi connectivity index (χ0n) is 22.8. The lowest BCUT2D eigenvalue weighted by Gasteiger charge is -2.26. The summed E-state index contributed by atoms with van der Waals surface area (Å²) in [5, 5.41) is 0.936. The Bertz CT molecular complexity index is 1700. The first-order valence-corrected chi connectivity index (χ1v) is 15.8. The number of aryl methyl sites for hydroxylation is 2. The van der Waals surface area contributed by atoms with E-state index >= 15 is 0 Å². The Hall–Kier alpha value is -3.12. The molecule has 1 aliphatic carbocycles. The van der Waals surface area contributed by atoms with Crippen molar-refractivity contribution in [3.05, 3.63) is 64.1 Å². The van der Waals surface area contributed by atoms with E-state index in [0.29, 0.717) is 49.4 Å². The minimum atomic E-state index is -3.65. The summed E-state index contributed by atoms with van der Waals surface area (Å²) in [5.41, 5.74) is 4.02. The number of fused-ring (bicyclic) bond motifs is 3. The van der Waals surface area contributed by atoms with Gasteiger partial charge in [-0.1, -0.05) is 13.0 Å². The third-order valence-electron chi connectivity index (χ3n) is 7.81. The van der Waals surface area contributed by atoms with Crippen molar-refractivity contribution in [2.75, 3.05) is 32.9 Å². The van der Waals surface area contributed by atoms with Gasteiger partial charge in [0, 0.05) is 40.6 Å². The summed E-state index contributed by atoms with van der Waals surface area (Å²) in [7, 11) is -3.65. The number of carbonyl (C=O) groups is 1. The van der Waals surface area contributed by atoms with E-state index in [-0.39, 0.29) is 17.3 Å². The van der Waals surface area contributed by atoms with E-state index in [0.717, 1.165) is 40.9 Å². The molecule has 0 radical (unpaired) electrons. The summed E-state index contributed by atoms with van der Waals surface area (Å²) >= 11 is 1.69. The van der Waals surface area contributed by atoms with Gasteiger partial charge in [-0.05, 0) is 68.9 Å². The molecule has 40 heavy (non-hydrogen) atoms. The highest BCUT2D eigenvalue weighted by molar-refractivity contribution is 7.89. The summed E-state index contributed by atoms with van der Waals surface area (Å²) in [6.07, 6.45) is 4.62. The van der Waals surface area contributed by atoms with Gasteiger partial charge in [0.1, 0.15) is 11.2 Å². The molecule has 0 saturated carbocycles. The molecule has 1 aliphatic heterocycles. The van der Waals surface area contributed by atoms with Crippen LogP contribution in [0.2, 0.25) is 0 Å². The Balaban J connectivity index is 1.25. The molecule has 1 unspecified atom stereocenters. The van der Waals surface area contributed by atoms with Gasteiger partial charge in [-0.25, -0.2) is 18.4 Å². The molecule has 9 nitrogen and oxygen atoms in total. The number of thiophene rings is 1. The minimum absolute atomic E-state index is 0.150. The van der Waals surface area contributed by atoms with Crippen molar-refractivity contribution in [3.8, 4) is 11.6 Å². The first-order valence-electron chi connectivity index (χ1n) is 13.5. The Labute approximate surface area is 237 Å². The maximum Gasteiger partial charge on any atom is 0.243 e. The number of hydrogen-bond acceptors (Lipinski definition) is 8. The number of ether oxygens (including phenoxy) is 2. The zero-order valence-corrected chi connectivity index (χ0v) is 24.5. The molecule has 2 aliphatic rings. The predicted octanol–water partition coefficient (Wildman–Crippen LogP) is 4.51. The highest BCUT2D eigenvalue weighted by atomic mass is 32.2. The van der Waals surface area contributed by atoms with Crippen LogP contribution in [0.1, 0.15) is 45.5 Å². The number of nitrogens with zero attached hydrogens (tertiary/aromatic N) is 4. The smallest absolute Gasteiger partial charge is 0.243 e. The third-order valence-corrected chi connectivity index (χ3v) is 10.9. The number of rotatable bonds is 7. The highest BCUT2D eigenvalue weighted by Crippen LogP contribution is 2.40. The Morgan fingerprint density at radius 2 is 1.98 bits per heavy atom. The molecule has 11 heteroatoms. The van der Waals surface area contributed by atoms with E-state index < -0.39 is 10.0 Å². The van der Waals surface area contributed by atoms with Crippen LogP contribution in [0.15, 0.2) is 41.6 Å². The van der Waals surface area contributed by atoms with Gasteiger partial charge in [-0.3, -0.25) is 4.79 Å². The summed E-state index contributed by atoms with van der Waals surface area (Å²) < 4.78 is 41.2. The summed E-state index contributed by atoms with van der Waals surface area (Å²) in [6.45, 7) is 7.32. The Morgan fingerprint density at radius 3 is 2.77 bits per heavy atom. The summed E-state index contributed by atoms with van der Waals surface area (Å²) in [4.78, 5) is 24.7. The fraction of sp³-hybridized carbons (Fsp3) is 0.414. The van der Waals surface area contributed by atoms with Gasteiger partial charge < -0.3 is 14.0 Å². The maximum atomic E-state index is 13.4. The SMILES string of the molecule is Cc1cc(C(=O)COc2ncnc3sc4c(c23)CCC(C)C4)c(C)n1-c1cccc(S(=O)(=O)N2CCOCC2)c1. The Morgan fingerprint density at radius 1 is 1.18 bits per heavy atom. The van der Waals surface area contributed by atoms with E-state index in [1.54, 1.807) is 29.5 Å². The van der Waals surface area contributed by atoms with Gasteiger partial charge in [0.15, 0.2) is 6.61 Å². The number of carbonyl (C=O) groups excluding carboxylic acids is 1. The van der Waals surface area contributed by atoms with Gasteiger partial charge >= 0.3 is 0 Å². The number of morpholine rings is 1. The van der Waals surface area contributed by atoms with Crippen molar-refractivity contribution < 1.29 is 22.7 Å². The molecule has 0 spiro atoms. The van der Waals surface area contributed by atoms with Crippen LogP contribution in [0.5, 0.6) is 5.88 Å². The molecule has 1 aromatic carbocycles. The highest BCUT2D eigenvalue weighted by Gasteiger charge is 2.28. The Kier molecular flexibility index (Phi) is 7.24. The largest absolute Gasteiger partial charge is 0.469 e. The molecule has 210 valence electrons. The van der Waals surface area contributed by atoms with Gasteiger partial charge in [0.2, 0.25) is 21.7 Å². The summed E-state index contributed by atoms with van der Waals surface area (Å²) in [6, 6.07) is 8.67. The van der Waals surface area contributed by atoms with Crippen molar-refractivity contribution in [2.24, 2.45) is 5.92 Å². The number of Topliss-reactive ketones (excluding diaryl/α,β-unsaturated/α-hetero) is 1. The van der Waals surface area contributed by atoms with Gasteiger partial charge in [-0.15, -0.1) is 11.3 Å². The average Bonchev–Trinajstić information content (AvgIpc) is 3.48. The lowest BCUT2D eigenvalue weighted by atomic mass is 9.89. The van der Waals surface area contributed by atoms with Crippen LogP contribution in [0, 0.1) is 19.8 Å². The van der Waals surface area contributed by atoms with Gasteiger partial charge in [-0.2, -0.15) is 4.31 Å². The molecule has 0 N–H and O–H groups in total. The van der Waals surface area contributed by atoms with E-state index in [9.17, 15) is 13.2 Å². The molecule has 3 aromatic heterocycles. The minimum Gasteiger partial charge on any atom is -0.469 e. The van der Waals surface area contributed by atoms with Crippen LogP contribution < -0.4 is 4.74 Å². The second-order valence-electron chi connectivity index (χ2n) is 10.6. The molecule has 1 fully saturated rings. The van der Waals surface area contributed by atoms with Crippen molar-refractivity contribution in [1.29, 1.82) is 0 Å². The van der Waals surface area contributed by atoms with Gasteiger partial charge in [0.05, 0.1) is 23.5 Å². The molecule has 4 aromatic rings. The van der Waals surface area contributed by atoms with E-state index in [1.165, 1.54) is 21.1 Å². The molecule has 6 rings (SSSR count). The molecular weight excluding hydrogens is 548 g/mol. The van der Waals surface area contributed by atoms with Crippen molar-refractivity contribution in [3.63, 3.8) is 0 Å². The monoisotopic (exact) mass is 580 g/mol. The number of aromatic nitrogens is 3. The van der Waals surface area contributed by atoms with E-state index in [1.807, 2.05) is 30.5 Å². The molecular formula is C29H32N4O5S2. The van der Waals surface area contributed by atoms with Crippen LogP contribution in [0.4, 0.5) is 0 Å². The van der Waals surface area contributed by atoms with Crippen molar-refractivity contribution >= 4 is 37.4 Å². The zero-order chi connectivity index (χ0) is 28.0. The molecule has 0 amide bonds. The third kappa shape index (κ3) is 4.85. The number of benzene rings is 1. The van der Waals surface area contributed by atoms with Crippen LogP contribution in [-0.4, -0.2) is 66.0 Å². The molecule has 0 bridgehead atoms. The van der Waals surface area contributed by atoms with E-state index in [4.69, 9.17) is 9.47 Å². The van der Waals surface area contributed by atoms with Crippen LogP contribution in [0.3, 0.4) is 0 Å². The first kappa shape index (κ1) is 27.1. The average molecular weight is 581 g/mol. The van der Waals surface area contributed by atoms with Crippen LogP contribution in [0.25, 0.3) is 15.9 Å². The van der Waals surface area contributed by atoms with Crippen LogP contribution >= 0.6 is 11.3 Å². The topological polar surface area (TPSA) is 104 Å². The quantitative estimate of drug-likeness (QED) is 0.297.